The fourth-order valence-corrected chi connectivity index (χ4v) is 3.35. The Balaban J connectivity index is 2.20. The number of rotatable bonds is 6. The third-order valence-electron chi connectivity index (χ3n) is 3.56. The molecule has 5 heteroatoms. The zero-order valence-corrected chi connectivity index (χ0v) is 15.2. The minimum Gasteiger partial charge on any atom is -0.497 e. The largest absolute Gasteiger partial charge is 0.497 e. The van der Waals surface area contributed by atoms with Crippen molar-refractivity contribution in [2.24, 2.45) is 0 Å². The van der Waals surface area contributed by atoms with Crippen LogP contribution < -0.4 is 4.74 Å². The fraction of sp³-hybridized carbons (Fsp3) is 0.200. The summed E-state index contributed by atoms with van der Waals surface area (Å²) in [4.78, 5) is 0.221. The Kier molecular flexibility index (Phi) is 6.26. The van der Waals surface area contributed by atoms with E-state index in [1.54, 1.807) is 31.4 Å². The highest BCUT2D eigenvalue weighted by atomic mass is 32.2. The Morgan fingerprint density at radius 3 is 2.32 bits per heavy atom. The maximum absolute atomic E-state index is 12.7. The molecule has 2 rings (SSSR count). The van der Waals surface area contributed by atoms with Crippen LogP contribution in [0.3, 0.4) is 0 Å². The Hall–Kier alpha value is -2.71. The van der Waals surface area contributed by atoms with Crippen molar-refractivity contribution < 1.29 is 13.2 Å². The molecule has 4 nitrogen and oxygen atoms in total. The van der Waals surface area contributed by atoms with Crippen LogP contribution in [-0.4, -0.2) is 26.4 Å². The molecule has 0 saturated carbocycles. The summed E-state index contributed by atoms with van der Waals surface area (Å²) in [5.74, 6) is 3.69. The van der Waals surface area contributed by atoms with E-state index in [4.69, 9.17) is 4.74 Å². The lowest BCUT2D eigenvalue weighted by Gasteiger charge is -2.16. The van der Waals surface area contributed by atoms with E-state index in [1.807, 2.05) is 31.2 Å². The van der Waals surface area contributed by atoms with Gasteiger partial charge in [-0.25, -0.2) is 12.7 Å². The molecule has 0 fully saturated rings. The van der Waals surface area contributed by atoms with Gasteiger partial charge < -0.3 is 4.74 Å². The molecule has 0 aliphatic heterocycles. The van der Waals surface area contributed by atoms with E-state index in [9.17, 15) is 8.42 Å². The normalized spacial score (nSPS) is 10.5. The number of hydrogen-bond acceptors (Lipinski definition) is 3. The molecule has 0 saturated heterocycles. The van der Waals surface area contributed by atoms with Crippen LogP contribution >= 0.6 is 0 Å². The van der Waals surface area contributed by atoms with Gasteiger partial charge in [-0.3, -0.25) is 0 Å². The standard InChI is InChI=1S/C20H21NO3S/c1-4-15-21(25(22,23)20-13-7-17(2)8-14-20)16-5-6-18-9-11-19(24-3)12-10-18/h4,7-14H,1,6,15H2,2-3H3. The number of sulfonamides is 1. The second-order valence-electron chi connectivity index (χ2n) is 5.45. The Labute approximate surface area is 149 Å². The molecular weight excluding hydrogens is 334 g/mol. The first-order chi connectivity index (χ1) is 12.0. The van der Waals surface area contributed by atoms with Gasteiger partial charge in [0.25, 0.3) is 10.0 Å². The van der Waals surface area contributed by atoms with Gasteiger partial charge in [-0.15, -0.1) is 6.58 Å². The fourth-order valence-electron chi connectivity index (χ4n) is 2.13. The molecule has 0 aliphatic rings. The lowest BCUT2D eigenvalue weighted by atomic mass is 10.1. The summed E-state index contributed by atoms with van der Waals surface area (Å²) < 4.78 is 31.7. The van der Waals surface area contributed by atoms with E-state index < -0.39 is 10.0 Å². The van der Waals surface area contributed by atoms with Crippen molar-refractivity contribution in [3.63, 3.8) is 0 Å². The second-order valence-corrected chi connectivity index (χ2v) is 7.31. The van der Waals surface area contributed by atoms with Crippen LogP contribution in [0, 0.1) is 18.9 Å². The molecule has 0 unspecified atom stereocenters. The summed E-state index contributed by atoms with van der Waals surface area (Å²) in [5, 5.41) is 0. The summed E-state index contributed by atoms with van der Waals surface area (Å²) in [7, 11) is -2.07. The average molecular weight is 355 g/mol. The summed E-state index contributed by atoms with van der Waals surface area (Å²) in [6.07, 6.45) is 1.97. The predicted octanol–water partition coefficient (Wildman–Crippen LogP) is 3.38. The average Bonchev–Trinajstić information content (AvgIpc) is 2.62. The van der Waals surface area contributed by atoms with Crippen LogP contribution in [-0.2, 0) is 16.4 Å². The first kappa shape index (κ1) is 18.6. The molecule has 0 radical (unpaired) electrons. The summed E-state index contributed by atoms with van der Waals surface area (Å²) in [5.41, 5.74) is 1.99. The predicted molar refractivity (Wildman–Crippen MR) is 99.7 cm³/mol. The van der Waals surface area contributed by atoms with Crippen LogP contribution in [0.2, 0.25) is 0 Å². The molecule has 0 bridgehead atoms. The van der Waals surface area contributed by atoms with Gasteiger partial charge in [0, 0.05) is 12.5 Å². The van der Waals surface area contributed by atoms with Crippen LogP contribution in [0.15, 0.2) is 66.1 Å². The smallest absolute Gasteiger partial charge is 0.271 e. The van der Waals surface area contributed by atoms with E-state index in [0.29, 0.717) is 6.42 Å². The van der Waals surface area contributed by atoms with Crippen LogP contribution in [0.25, 0.3) is 0 Å². The lowest BCUT2D eigenvalue weighted by molar-refractivity contribution is 0.414. The van der Waals surface area contributed by atoms with Crippen molar-refractivity contribution in [2.75, 3.05) is 13.7 Å². The van der Waals surface area contributed by atoms with Crippen molar-refractivity contribution in [2.45, 2.75) is 18.2 Å². The highest BCUT2D eigenvalue weighted by Gasteiger charge is 2.20. The maximum atomic E-state index is 12.7. The third kappa shape index (κ3) is 4.88. The van der Waals surface area contributed by atoms with E-state index in [0.717, 1.165) is 21.2 Å². The molecule has 130 valence electrons. The number of benzene rings is 2. The summed E-state index contributed by atoms with van der Waals surface area (Å²) in [6, 6.07) is 17.0. The van der Waals surface area contributed by atoms with Gasteiger partial charge in [-0.05, 0) is 36.8 Å². The van der Waals surface area contributed by atoms with Crippen molar-refractivity contribution in [3.05, 3.63) is 72.3 Å². The monoisotopic (exact) mass is 355 g/mol. The van der Waals surface area contributed by atoms with Gasteiger partial charge in [0.1, 0.15) is 5.75 Å². The SMILES string of the molecule is C=CCN(C#CCc1ccc(OC)cc1)S(=O)(=O)c1ccc(C)cc1. The molecule has 2 aromatic carbocycles. The molecular formula is C20H21NO3S. The molecule has 2 aromatic rings. The number of hydrogen-bond donors (Lipinski definition) is 0. The van der Waals surface area contributed by atoms with Crippen LogP contribution in [0.1, 0.15) is 11.1 Å². The van der Waals surface area contributed by atoms with Crippen LogP contribution in [0.4, 0.5) is 0 Å². The van der Waals surface area contributed by atoms with Crippen LogP contribution in [0.5, 0.6) is 5.75 Å². The molecule has 0 atom stereocenters. The Morgan fingerprint density at radius 1 is 1.12 bits per heavy atom. The topological polar surface area (TPSA) is 46.6 Å². The zero-order valence-electron chi connectivity index (χ0n) is 14.4. The molecule has 0 aliphatic carbocycles. The lowest BCUT2D eigenvalue weighted by Crippen LogP contribution is -2.26. The van der Waals surface area contributed by atoms with Crippen molar-refractivity contribution in [3.8, 4) is 17.7 Å². The van der Waals surface area contributed by atoms with Gasteiger partial charge in [-0.2, -0.15) is 0 Å². The number of nitrogens with zero attached hydrogens (tertiary/aromatic N) is 1. The van der Waals surface area contributed by atoms with Crippen molar-refractivity contribution in [1.29, 1.82) is 0 Å². The second kappa shape index (κ2) is 8.41. The quantitative estimate of drug-likeness (QED) is 0.453. The first-order valence-corrected chi connectivity index (χ1v) is 9.23. The summed E-state index contributed by atoms with van der Waals surface area (Å²) >= 11 is 0. The number of methoxy groups -OCH3 is 1. The summed E-state index contributed by atoms with van der Waals surface area (Å²) in [6.45, 7) is 5.66. The van der Waals surface area contributed by atoms with Crippen molar-refractivity contribution >= 4 is 10.0 Å². The van der Waals surface area contributed by atoms with Gasteiger partial charge in [0.2, 0.25) is 0 Å². The Bertz CT molecular complexity index is 873. The molecule has 0 aromatic heterocycles. The molecule has 0 amide bonds. The van der Waals surface area contributed by atoms with Gasteiger partial charge >= 0.3 is 0 Å². The minimum absolute atomic E-state index is 0.131. The highest BCUT2D eigenvalue weighted by Crippen LogP contribution is 2.16. The van der Waals surface area contributed by atoms with E-state index in [1.165, 1.54) is 6.08 Å². The van der Waals surface area contributed by atoms with E-state index >= 15 is 0 Å². The van der Waals surface area contributed by atoms with Crippen molar-refractivity contribution in [1.82, 2.24) is 4.31 Å². The Morgan fingerprint density at radius 2 is 1.76 bits per heavy atom. The molecule has 0 heterocycles. The van der Waals surface area contributed by atoms with E-state index in [-0.39, 0.29) is 11.4 Å². The molecule has 0 N–H and O–H groups in total. The zero-order chi connectivity index (χ0) is 18.3. The highest BCUT2D eigenvalue weighted by molar-refractivity contribution is 7.89. The number of ether oxygens (including phenoxy) is 1. The number of aryl methyl sites for hydroxylation is 1. The maximum Gasteiger partial charge on any atom is 0.271 e. The molecule has 25 heavy (non-hydrogen) atoms. The third-order valence-corrected chi connectivity index (χ3v) is 5.25. The van der Waals surface area contributed by atoms with Gasteiger partial charge in [0.15, 0.2) is 0 Å². The first-order valence-electron chi connectivity index (χ1n) is 7.79. The van der Waals surface area contributed by atoms with Gasteiger partial charge in [-0.1, -0.05) is 41.8 Å². The van der Waals surface area contributed by atoms with E-state index in [2.05, 4.69) is 18.5 Å². The van der Waals surface area contributed by atoms with Gasteiger partial charge in [0.05, 0.1) is 18.6 Å². The minimum atomic E-state index is -3.68. The molecule has 0 spiro atoms.